The van der Waals surface area contributed by atoms with E-state index in [-0.39, 0.29) is 23.1 Å². The smallest absolute Gasteiger partial charge is 0.253 e. The van der Waals surface area contributed by atoms with Crippen LogP contribution < -0.4 is 16.4 Å². The molecule has 1 amide bonds. The van der Waals surface area contributed by atoms with Crippen molar-refractivity contribution in [3.05, 3.63) is 52.4 Å². The fourth-order valence-corrected chi connectivity index (χ4v) is 3.46. The molecule has 1 saturated carbocycles. The highest BCUT2D eigenvalue weighted by Gasteiger charge is 2.25. The highest BCUT2D eigenvalue weighted by atomic mass is 35.5. The lowest BCUT2D eigenvalue weighted by Gasteiger charge is -2.19. The molecule has 152 valence electrons. The van der Waals surface area contributed by atoms with E-state index in [1.165, 1.54) is 6.33 Å². The van der Waals surface area contributed by atoms with Crippen molar-refractivity contribution in [1.29, 1.82) is 5.26 Å². The minimum Gasteiger partial charge on any atom is -0.382 e. The lowest BCUT2D eigenvalue weighted by molar-refractivity contribution is 0.0950. The fraction of sp³-hybridized carbons (Fsp3) is 0.286. The maximum atomic E-state index is 13.0. The molecular formula is C21H20ClN7O. The molecule has 4 rings (SSSR count). The van der Waals surface area contributed by atoms with Gasteiger partial charge in [0, 0.05) is 11.9 Å². The number of carbonyl (C=O) groups is 1. The topological polar surface area (TPSA) is 130 Å². The first-order chi connectivity index (χ1) is 14.5. The predicted octanol–water partition coefficient (Wildman–Crippen LogP) is 3.44. The number of fused-ring (bicyclic) bond motifs is 1. The first kappa shape index (κ1) is 19.9. The number of nitrogens with two attached hydrogens (primary N) is 1. The number of nitrogens with one attached hydrogen (secondary N) is 2. The molecule has 1 fully saturated rings. The van der Waals surface area contributed by atoms with Gasteiger partial charge < -0.3 is 16.4 Å². The second-order valence-corrected chi connectivity index (χ2v) is 7.75. The van der Waals surface area contributed by atoms with Gasteiger partial charge in [0.15, 0.2) is 0 Å². The Labute approximate surface area is 178 Å². The van der Waals surface area contributed by atoms with E-state index in [2.05, 4.69) is 20.6 Å². The molecule has 3 aromatic rings. The molecule has 0 aliphatic heterocycles. The number of hydrogen-bond donors (Lipinski definition) is 3. The molecule has 1 aliphatic carbocycles. The zero-order chi connectivity index (χ0) is 21.3. The number of benzene rings is 1. The number of pyridine rings is 1. The zero-order valence-corrected chi connectivity index (χ0v) is 17.1. The van der Waals surface area contributed by atoms with Crippen LogP contribution in [0, 0.1) is 17.2 Å². The Kier molecular flexibility index (Phi) is 5.38. The van der Waals surface area contributed by atoms with Crippen LogP contribution in [-0.4, -0.2) is 27.4 Å². The van der Waals surface area contributed by atoms with Crippen molar-refractivity contribution in [3.63, 3.8) is 0 Å². The molecule has 1 aliphatic rings. The summed E-state index contributed by atoms with van der Waals surface area (Å²) in [6, 6.07) is 8.79. The average Bonchev–Trinajstić information content (AvgIpc) is 3.56. The van der Waals surface area contributed by atoms with E-state index < -0.39 is 6.04 Å². The summed E-state index contributed by atoms with van der Waals surface area (Å²) in [6.07, 6.45) is 3.56. The van der Waals surface area contributed by atoms with Crippen molar-refractivity contribution in [2.24, 2.45) is 5.92 Å². The van der Waals surface area contributed by atoms with Crippen molar-refractivity contribution in [2.75, 3.05) is 17.6 Å². The van der Waals surface area contributed by atoms with Gasteiger partial charge in [-0.1, -0.05) is 23.7 Å². The number of hydrogen-bond acceptors (Lipinski definition) is 7. The first-order valence-electron chi connectivity index (χ1n) is 9.62. The Morgan fingerprint density at radius 2 is 2.20 bits per heavy atom. The molecule has 1 unspecified atom stereocenters. The first-order valence-corrected chi connectivity index (χ1v) is 10.00. The molecule has 2 heterocycles. The van der Waals surface area contributed by atoms with E-state index in [0.717, 1.165) is 18.2 Å². The summed E-state index contributed by atoms with van der Waals surface area (Å²) >= 11 is 6.34. The zero-order valence-electron chi connectivity index (χ0n) is 16.3. The number of para-hydroxylation sites is 1. The Morgan fingerprint density at radius 1 is 1.40 bits per heavy atom. The third kappa shape index (κ3) is 3.98. The van der Waals surface area contributed by atoms with Crippen LogP contribution in [0.3, 0.4) is 0 Å². The summed E-state index contributed by atoms with van der Waals surface area (Å²) in [4.78, 5) is 25.6. The van der Waals surface area contributed by atoms with Crippen molar-refractivity contribution >= 4 is 40.0 Å². The number of carbonyl (C=O) groups excluding carboxylic acids is 1. The average molecular weight is 422 g/mol. The van der Waals surface area contributed by atoms with Gasteiger partial charge in [-0.25, -0.2) is 15.0 Å². The van der Waals surface area contributed by atoms with Gasteiger partial charge in [-0.15, -0.1) is 0 Å². The molecule has 1 aromatic carbocycles. The van der Waals surface area contributed by atoms with Crippen LogP contribution in [0.5, 0.6) is 0 Å². The third-order valence-corrected chi connectivity index (χ3v) is 5.38. The van der Waals surface area contributed by atoms with E-state index in [1.807, 2.05) is 25.1 Å². The van der Waals surface area contributed by atoms with Crippen LogP contribution in [0.4, 0.5) is 11.6 Å². The van der Waals surface area contributed by atoms with Crippen LogP contribution in [0.25, 0.3) is 10.9 Å². The van der Waals surface area contributed by atoms with E-state index in [9.17, 15) is 10.1 Å². The van der Waals surface area contributed by atoms with Gasteiger partial charge in [-0.05, 0) is 37.8 Å². The molecule has 30 heavy (non-hydrogen) atoms. The lowest BCUT2D eigenvalue weighted by Crippen LogP contribution is -2.28. The van der Waals surface area contributed by atoms with Crippen LogP contribution in [0.2, 0.25) is 5.02 Å². The summed E-state index contributed by atoms with van der Waals surface area (Å²) in [7, 11) is 0. The molecule has 0 saturated heterocycles. The van der Waals surface area contributed by atoms with E-state index in [0.29, 0.717) is 34.3 Å². The Bertz CT molecular complexity index is 1170. The van der Waals surface area contributed by atoms with Crippen LogP contribution in [0.1, 0.15) is 47.4 Å². The van der Waals surface area contributed by atoms with E-state index in [4.69, 9.17) is 22.3 Å². The second kappa shape index (κ2) is 8.13. The van der Waals surface area contributed by atoms with Crippen molar-refractivity contribution in [2.45, 2.75) is 25.8 Å². The lowest BCUT2D eigenvalue weighted by atomic mass is 10.0. The number of rotatable bonds is 6. The molecule has 9 heteroatoms. The molecular weight excluding hydrogens is 402 g/mol. The standard InChI is InChI=1S/C21H20ClN7O/c1-11(28-20-15(8-23)19(24)26-10-27-20)17-14(21(30)25-9-12-5-6-12)7-13-3-2-4-16(22)18(13)29-17/h2-4,7,10-12H,5-6,9H2,1H3,(H,25,30)(H3,24,26,27,28). The van der Waals surface area contributed by atoms with Gasteiger partial charge in [0.05, 0.1) is 27.8 Å². The number of nitrogens with zero attached hydrogens (tertiary/aromatic N) is 4. The minimum absolute atomic E-state index is 0.0825. The highest BCUT2D eigenvalue weighted by molar-refractivity contribution is 6.35. The van der Waals surface area contributed by atoms with Gasteiger partial charge in [-0.2, -0.15) is 5.26 Å². The fourth-order valence-electron chi connectivity index (χ4n) is 3.24. The number of nitriles is 1. The Hall–Kier alpha value is -3.44. The summed E-state index contributed by atoms with van der Waals surface area (Å²) in [6.45, 7) is 2.48. The predicted molar refractivity (Wildman–Crippen MR) is 115 cm³/mol. The molecule has 1 atom stereocenters. The van der Waals surface area contributed by atoms with Gasteiger partial charge in [0.1, 0.15) is 29.6 Å². The highest BCUT2D eigenvalue weighted by Crippen LogP contribution is 2.30. The van der Waals surface area contributed by atoms with Crippen molar-refractivity contribution < 1.29 is 4.79 Å². The van der Waals surface area contributed by atoms with Gasteiger partial charge in [0.2, 0.25) is 0 Å². The Morgan fingerprint density at radius 3 is 2.93 bits per heavy atom. The second-order valence-electron chi connectivity index (χ2n) is 7.35. The van der Waals surface area contributed by atoms with Gasteiger partial charge in [-0.3, -0.25) is 4.79 Å². The number of aromatic nitrogens is 3. The van der Waals surface area contributed by atoms with Crippen LogP contribution in [-0.2, 0) is 0 Å². The van der Waals surface area contributed by atoms with Crippen molar-refractivity contribution in [3.8, 4) is 6.07 Å². The molecule has 0 radical (unpaired) electrons. The monoisotopic (exact) mass is 421 g/mol. The number of nitrogen functional groups attached to an aromatic ring is 1. The maximum Gasteiger partial charge on any atom is 0.253 e. The van der Waals surface area contributed by atoms with E-state index >= 15 is 0 Å². The van der Waals surface area contributed by atoms with E-state index in [1.54, 1.807) is 12.1 Å². The molecule has 8 nitrogen and oxygen atoms in total. The van der Waals surface area contributed by atoms with Gasteiger partial charge in [0.25, 0.3) is 5.91 Å². The van der Waals surface area contributed by atoms with Gasteiger partial charge >= 0.3 is 0 Å². The summed E-state index contributed by atoms with van der Waals surface area (Å²) < 4.78 is 0. The minimum atomic E-state index is -0.450. The largest absolute Gasteiger partial charge is 0.382 e. The SMILES string of the molecule is CC(Nc1ncnc(N)c1C#N)c1nc2c(Cl)cccc2cc1C(=O)NCC1CC1. The third-order valence-electron chi connectivity index (χ3n) is 5.07. The summed E-state index contributed by atoms with van der Waals surface area (Å²) in [5, 5.41) is 16.8. The molecule has 0 spiro atoms. The van der Waals surface area contributed by atoms with Crippen molar-refractivity contribution in [1.82, 2.24) is 20.3 Å². The number of amides is 1. The normalized spacial score (nSPS) is 14.2. The quantitative estimate of drug-likeness (QED) is 0.555. The maximum absolute atomic E-state index is 13.0. The molecule has 0 bridgehead atoms. The number of anilines is 2. The molecule has 2 aromatic heterocycles. The van der Waals surface area contributed by atoms with Crippen LogP contribution >= 0.6 is 11.6 Å². The number of halogens is 1. The summed E-state index contributed by atoms with van der Waals surface area (Å²) in [5.41, 5.74) is 7.48. The van der Waals surface area contributed by atoms with Crippen LogP contribution in [0.15, 0.2) is 30.6 Å². The Balaban J connectivity index is 1.74. The molecule has 4 N–H and O–H groups in total. The summed E-state index contributed by atoms with van der Waals surface area (Å²) in [5.74, 6) is 0.725.